The summed E-state index contributed by atoms with van der Waals surface area (Å²) in [6.45, 7) is 7.71. The zero-order chi connectivity index (χ0) is 43.3. The molecule has 3 aromatic carbocycles. The maximum absolute atomic E-state index is 13.9. The molecule has 2 aromatic heterocycles. The lowest BCUT2D eigenvalue weighted by Crippen LogP contribution is -2.55. The number of rotatable bonds is 11. The summed E-state index contributed by atoms with van der Waals surface area (Å²) in [4.78, 5) is 71.8. The van der Waals surface area contributed by atoms with Crippen LogP contribution in [0.4, 0.5) is 9.59 Å². The van der Waals surface area contributed by atoms with Crippen LogP contribution in [0.25, 0.3) is 44.2 Å². The van der Waals surface area contributed by atoms with Crippen molar-refractivity contribution in [1.82, 2.24) is 40.4 Å². The number of amides is 4. The van der Waals surface area contributed by atoms with E-state index in [2.05, 4.69) is 44.9 Å². The van der Waals surface area contributed by atoms with Gasteiger partial charge in [-0.15, -0.1) is 0 Å². The third kappa shape index (κ3) is 7.60. The molecule has 0 bridgehead atoms. The summed E-state index contributed by atoms with van der Waals surface area (Å²) in [5.74, 6) is 1.42. The Morgan fingerprint density at radius 1 is 0.820 bits per heavy atom. The number of nitrogens with one attached hydrogen (secondary N) is 4. The van der Waals surface area contributed by atoms with Crippen molar-refractivity contribution in [3.05, 3.63) is 65.9 Å². The fraction of sp³-hybridized carbons (Fsp3) is 0.455. The minimum Gasteiger partial charge on any atom is -0.488 e. The molecule has 5 N–H and O–H groups in total. The third-order valence-electron chi connectivity index (χ3n) is 12.7. The zero-order valence-corrected chi connectivity index (χ0v) is 35.3. The maximum Gasteiger partial charge on any atom is 0.407 e. The highest BCUT2D eigenvalue weighted by Crippen LogP contribution is 2.44. The molecular weight excluding hydrogens is 785 g/mol. The van der Waals surface area contributed by atoms with Crippen molar-refractivity contribution >= 4 is 45.8 Å². The quantitative estimate of drug-likeness (QED) is 0.101. The van der Waals surface area contributed by atoms with Crippen molar-refractivity contribution in [2.75, 3.05) is 21.3 Å². The average molecular weight is 837 g/mol. The van der Waals surface area contributed by atoms with Crippen LogP contribution in [0, 0.1) is 0 Å². The number of H-pyrrole nitrogens is 2. The van der Waals surface area contributed by atoms with Crippen molar-refractivity contribution in [2.45, 2.75) is 108 Å². The lowest BCUT2D eigenvalue weighted by molar-refractivity contribution is -0.140. The normalized spacial score (nSPS) is 21.6. The predicted molar refractivity (Wildman–Crippen MR) is 225 cm³/mol. The summed E-state index contributed by atoms with van der Waals surface area (Å²) in [5, 5.41) is 16.4. The van der Waals surface area contributed by atoms with Crippen LogP contribution in [0.5, 0.6) is 5.75 Å². The van der Waals surface area contributed by atoms with Gasteiger partial charge in [0.25, 0.3) is 0 Å². The first-order chi connectivity index (χ1) is 29.3. The lowest BCUT2D eigenvalue weighted by Gasteiger charge is -2.33. The number of benzene rings is 3. The minimum atomic E-state index is -1.29. The molecular formula is C44H52N8O9. The smallest absolute Gasteiger partial charge is 0.407 e. The second kappa shape index (κ2) is 16.7. The lowest BCUT2D eigenvalue weighted by atomic mass is 9.92. The Morgan fingerprint density at radius 2 is 1.48 bits per heavy atom. The molecule has 2 saturated heterocycles. The van der Waals surface area contributed by atoms with E-state index >= 15 is 0 Å². The summed E-state index contributed by atoms with van der Waals surface area (Å²) < 4.78 is 22.0. The van der Waals surface area contributed by atoms with Crippen molar-refractivity contribution in [1.29, 1.82) is 0 Å². The van der Waals surface area contributed by atoms with Crippen LogP contribution in [0.2, 0.25) is 0 Å². The van der Waals surface area contributed by atoms with Gasteiger partial charge in [-0.1, -0.05) is 18.2 Å². The number of alkyl carbamates (subject to hydrolysis) is 1. The molecule has 5 aromatic rings. The van der Waals surface area contributed by atoms with Gasteiger partial charge in [0.05, 0.1) is 54.3 Å². The van der Waals surface area contributed by atoms with E-state index in [0.29, 0.717) is 31.1 Å². The molecule has 322 valence electrons. The van der Waals surface area contributed by atoms with Crippen LogP contribution in [0.15, 0.2) is 48.7 Å². The molecule has 5 heterocycles. The van der Waals surface area contributed by atoms with Crippen LogP contribution < -0.4 is 15.4 Å². The van der Waals surface area contributed by atoms with Crippen molar-refractivity contribution in [3.8, 4) is 28.1 Å². The number of hydrogen-bond acceptors (Lipinski definition) is 10. The number of nitrogens with zero attached hydrogens (tertiary/aromatic N) is 4. The van der Waals surface area contributed by atoms with E-state index in [1.165, 1.54) is 21.3 Å². The summed E-state index contributed by atoms with van der Waals surface area (Å²) >= 11 is 0. The molecule has 0 saturated carbocycles. The van der Waals surface area contributed by atoms with E-state index in [9.17, 15) is 24.3 Å². The summed E-state index contributed by atoms with van der Waals surface area (Å²) in [6, 6.07) is 11.5. The van der Waals surface area contributed by atoms with E-state index in [0.717, 1.165) is 68.3 Å². The van der Waals surface area contributed by atoms with Gasteiger partial charge >= 0.3 is 12.2 Å². The van der Waals surface area contributed by atoms with Crippen molar-refractivity contribution < 1.29 is 43.2 Å². The largest absolute Gasteiger partial charge is 0.488 e. The molecule has 0 spiro atoms. The first kappa shape index (κ1) is 41.5. The molecule has 0 aliphatic carbocycles. The Hall–Kier alpha value is -6.20. The van der Waals surface area contributed by atoms with Crippen molar-refractivity contribution in [2.24, 2.45) is 0 Å². The van der Waals surface area contributed by atoms with Gasteiger partial charge in [0.15, 0.2) is 0 Å². The summed E-state index contributed by atoms with van der Waals surface area (Å²) in [6.07, 6.45) is 1.43. The molecule has 8 rings (SSSR count). The van der Waals surface area contributed by atoms with Gasteiger partial charge < -0.3 is 54.5 Å². The Labute approximate surface area is 352 Å². The van der Waals surface area contributed by atoms with E-state index in [4.69, 9.17) is 28.9 Å². The molecule has 61 heavy (non-hydrogen) atoms. The fourth-order valence-corrected chi connectivity index (χ4v) is 9.20. The molecule has 3 aliphatic heterocycles. The maximum atomic E-state index is 13.9. The SMILES string of the molecule is COC(=O)N[C@H](C(=O)N1[C@@H](C)CC[C@H]1c1ncc(-c2ccc3c(c2)COc2cc4c(ccc5[nH]c([C@@H]6CC[C@H](C)N6C(=O)[C@@H](NC(=O)O)[C@@H](C)OC)nc54)cc2-3)[nH]1)[C@@H](C)OC. The third-order valence-corrected chi connectivity index (χ3v) is 12.7. The second-order valence-electron chi connectivity index (χ2n) is 16.3. The van der Waals surface area contributed by atoms with Gasteiger partial charge in [-0.3, -0.25) is 9.59 Å². The van der Waals surface area contributed by atoms with Gasteiger partial charge in [0.1, 0.15) is 36.1 Å². The molecule has 3 aliphatic rings. The predicted octanol–water partition coefficient (Wildman–Crippen LogP) is 6.20. The Morgan fingerprint density at radius 3 is 2.11 bits per heavy atom. The molecule has 0 unspecified atom stereocenters. The first-order valence-corrected chi connectivity index (χ1v) is 20.6. The van der Waals surface area contributed by atoms with Crippen LogP contribution >= 0.6 is 0 Å². The number of aromatic amines is 2. The van der Waals surface area contributed by atoms with Gasteiger partial charge in [-0.05, 0) is 99.7 Å². The molecule has 2 fully saturated rings. The number of ether oxygens (including phenoxy) is 4. The molecule has 0 radical (unpaired) electrons. The standard InChI is InChI=1S/C44H52N8O9/c1-21-8-14-33(51(21)42(54)37(24(4)59-6)50-44(57)60-7)39-45-19-32(47-39)26-10-12-28-27(16-26)20-61-35-18-29-25(17-30(28)35)11-13-31-38(29)48-40(46-31)34-15-9-22(2)52(34)41(53)36(23(3)58-5)49-43(55)56/h10-13,16-19,21-24,33-34,36-37,49H,8-9,14-15,20H2,1-7H3,(H,45,47)(H,46,48)(H,50,57)(H,55,56)/t21-,22-,23+,24+,33-,34-,36-,37-/m0/s1. The monoisotopic (exact) mass is 836 g/mol. The topological polar surface area (TPSA) is 213 Å². The van der Waals surface area contributed by atoms with Crippen LogP contribution in [0.1, 0.15) is 82.7 Å². The second-order valence-corrected chi connectivity index (χ2v) is 16.3. The van der Waals surface area contributed by atoms with Crippen LogP contribution in [-0.2, 0) is 30.4 Å². The Bertz CT molecular complexity index is 2500. The van der Waals surface area contributed by atoms with Crippen LogP contribution in [0.3, 0.4) is 0 Å². The molecule has 17 nitrogen and oxygen atoms in total. The molecule has 4 amide bonds. The zero-order valence-electron chi connectivity index (χ0n) is 35.3. The van der Waals surface area contributed by atoms with Gasteiger partial charge in [0, 0.05) is 37.3 Å². The van der Waals surface area contributed by atoms with E-state index < -0.39 is 36.5 Å². The Kier molecular flexibility index (Phi) is 11.4. The highest BCUT2D eigenvalue weighted by atomic mass is 16.5. The molecule has 8 atom stereocenters. The van der Waals surface area contributed by atoms with Gasteiger partial charge in [-0.25, -0.2) is 19.6 Å². The first-order valence-electron chi connectivity index (χ1n) is 20.6. The number of methoxy groups -OCH3 is 3. The van der Waals surface area contributed by atoms with E-state index in [-0.39, 0.29) is 36.0 Å². The van der Waals surface area contributed by atoms with E-state index in [1.54, 1.807) is 29.8 Å². The summed E-state index contributed by atoms with van der Waals surface area (Å²) in [5.41, 5.74) is 6.33. The number of hydrogen-bond donors (Lipinski definition) is 5. The number of imidazole rings is 2. The summed E-state index contributed by atoms with van der Waals surface area (Å²) in [7, 11) is 4.20. The highest BCUT2D eigenvalue weighted by molar-refractivity contribution is 6.07. The number of carboxylic acid groups (broad SMARTS) is 1. The van der Waals surface area contributed by atoms with Crippen LogP contribution in [-0.4, -0.2) is 117 Å². The Balaban J connectivity index is 1.05. The highest BCUT2D eigenvalue weighted by Gasteiger charge is 2.43. The van der Waals surface area contributed by atoms with Gasteiger partial charge in [-0.2, -0.15) is 0 Å². The van der Waals surface area contributed by atoms with Crippen molar-refractivity contribution in [3.63, 3.8) is 0 Å². The van der Waals surface area contributed by atoms with Gasteiger partial charge in [0.2, 0.25) is 11.8 Å². The van der Waals surface area contributed by atoms with E-state index in [1.807, 2.05) is 32.0 Å². The number of likely N-dealkylation sites (tertiary alicyclic amines) is 2. The number of carbonyl (C=O) groups excluding carboxylic acids is 3. The molecule has 17 heteroatoms. The number of aromatic nitrogens is 4. The number of carbonyl (C=O) groups is 4. The minimum absolute atomic E-state index is 0.0783. The average Bonchev–Trinajstić information content (AvgIpc) is 4.08. The number of fused-ring (bicyclic) bond motifs is 6. The fourth-order valence-electron chi connectivity index (χ4n) is 9.20.